The van der Waals surface area contributed by atoms with Gasteiger partial charge in [-0.2, -0.15) is 0 Å². The van der Waals surface area contributed by atoms with Gasteiger partial charge < -0.3 is 29.7 Å². The molecule has 0 saturated carbocycles. The lowest BCUT2D eigenvalue weighted by Gasteiger charge is -2.38. The van der Waals surface area contributed by atoms with Crippen LogP contribution in [0.2, 0.25) is 0 Å². The maximum absolute atomic E-state index is 12.6. The molecule has 1 atom stereocenters. The Bertz CT molecular complexity index is 991. The molecule has 0 unspecified atom stereocenters. The van der Waals surface area contributed by atoms with Gasteiger partial charge in [0.1, 0.15) is 5.75 Å². The summed E-state index contributed by atoms with van der Waals surface area (Å²) >= 11 is 0. The van der Waals surface area contributed by atoms with Crippen molar-refractivity contribution in [3.63, 3.8) is 0 Å². The van der Waals surface area contributed by atoms with Crippen LogP contribution in [0, 0.1) is 0 Å². The van der Waals surface area contributed by atoms with E-state index in [0.29, 0.717) is 18.0 Å². The highest BCUT2D eigenvalue weighted by molar-refractivity contribution is 6.35. The third-order valence-electron chi connectivity index (χ3n) is 6.05. The zero-order valence-electron chi connectivity index (χ0n) is 19.0. The second-order valence-electron chi connectivity index (χ2n) is 8.17. The smallest absolute Gasteiger partial charge is 0.309 e. The van der Waals surface area contributed by atoms with Gasteiger partial charge in [-0.1, -0.05) is 24.3 Å². The van der Waals surface area contributed by atoms with Crippen molar-refractivity contribution in [2.45, 2.75) is 12.6 Å². The molecule has 2 amide bonds. The van der Waals surface area contributed by atoms with E-state index >= 15 is 0 Å². The molecule has 2 N–H and O–H groups in total. The van der Waals surface area contributed by atoms with Crippen LogP contribution < -0.4 is 24.8 Å². The number of hydrogen-bond donors (Lipinski definition) is 2. The van der Waals surface area contributed by atoms with E-state index in [0.717, 1.165) is 43.1 Å². The molecule has 9 nitrogen and oxygen atoms in total. The van der Waals surface area contributed by atoms with Crippen LogP contribution in [0.25, 0.3) is 0 Å². The van der Waals surface area contributed by atoms with Crippen LogP contribution in [0.15, 0.2) is 42.5 Å². The van der Waals surface area contributed by atoms with E-state index in [9.17, 15) is 9.59 Å². The van der Waals surface area contributed by atoms with Crippen molar-refractivity contribution in [3.8, 4) is 17.2 Å². The highest BCUT2D eigenvalue weighted by Gasteiger charge is 2.27. The van der Waals surface area contributed by atoms with E-state index in [-0.39, 0.29) is 19.4 Å². The van der Waals surface area contributed by atoms with Gasteiger partial charge in [0, 0.05) is 44.8 Å². The molecular weight excluding hydrogens is 424 g/mol. The first-order chi connectivity index (χ1) is 16.0. The van der Waals surface area contributed by atoms with Gasteiger partial charge in [-0.3, -0.25) is 14.5 Å². The normalized spacial score (nSPS) is 16.8. The van der Waals surface area contributed by atoms with Crippen LogP contribution in [0.1, 0.15) is 17.2 Å². The fourth-order valence-electron chi connectivity index (χ4n) is 4.09. The summed E-state index contributed by atoms with van der Waals surface area (Å²) in [6.45, 7) is 4.34. The van der Waals surface area contributed by atoms with Gasteiger partial charge in [-0.15, -0.1) is 0 Å². The summed E-state index contributed by atoms with van der Waals surface area (Å²) in [5, 5.41) is 5.48. The Kier molecular flexibility index (Phi) is 7.31. The van der Waals surface area contributed by atoms with Crippen molar-refractivity contribution in [1.82, 2.24) is 20.4 Å². The molecule has 33 heavy (non-hydrogen) atoms. The number of methoxy groups -OCH3 is 1. The topological polar surface area (TPSA) is 92.4 Å². The first-order valence-electron chi connectivity index (χ1n) is 11.0. The second kappa shape index (κ2) is 10.5. The lowest BCUT2D eigenvalue weighted by Crippen LogP contribution is -2.49. The number of ether oxygens (including phenoxy) is 3. The molecule has 4 rings (SSSR count). The third kappa shape index (κ3) is 5.55. The SMILES string of the molecule is COc1ccccc1CNC(=O)C(=O)NC[C@@H](c1ccc2c(c1)OCO2)N1CCN(C)CC1. The predicted octanol–water partition coefficient (Wildman–Crippen LogP) is 1.14. The molecule has 176 valence electrons. The number of fused-ring (bicyclic) bond motifs is 1. The summed E-state index contributed by atoms with van der Waals surface area (Å²) < 4.78 is 16.3. The molecule has 0 aromatic heterocycles. The van der Waals surface area contributed by atoms with Crippen molar-refractivity contribution in [2.75, 3.05) is 53.7 Å². The molecule has 1 saturated heterocycles. The Balaban J connectivity index is 1.39. The lowest BCUT2D eigenvalue weighted by molar-refractivity contribution is -0.139. The minimum atomic E-state index is -0.677. The molecular formula is C24H30N4O5. The fourth-order valence-corrected chi connectivity index (χ4v) is 4.09. The average Bonchev–Trinajstić information content (AvgIpc) is 3.32. The predicted molar refractivity (Wildman–Crippen MR) is 122 cm³/mol. The summed E-state index contributed by atoms with van der Waals surface area (Å²) in [4.78, 5) is 29.6. The molecule has 0 radical (unpaired) electrons. The van der Waals surface area contributed by atoms with Crippen LogP contribution in [-0.2, 0) is 16.1 Å². The van der Waals surface area contributed by atoms with Crippen molar-refractivity contribution in [2.24, 2.45) is 0 Å². The molecule has 2 aliphatic rings. The summed E-state index contributed by atoms with van der Waals surface area (Å²) in [5.41, 5.74) is 1.82. The minimum absolute atomic E-state index is 0.0841. The monoisotopic (exact) mass is 454 g/mol. The molecule has 2 heterocycles. The molecule has 1 fully saturated rings. The van der Waals surface area contributed by atoms with Crippen LogP contribution >= 0.6 is 0 Å². The Morgan fingerprint density at radius 2 is 1.73 bits per heavy atom. The van der Waals surface area contributed by atoms with E-state index in [1.807, 2.05) is 42.5 Å². The van der Waals surface area contributed by atoms with Crippen molar-refractivity contribution < 1.29 is 23.8 Å². The van der Waals surface area contributed by atoms with Crippen molar-refractivity contribution in [3.05, 3.63) is 53.6 Å². The van der Waals surface area contributed by atoms with Crippen LogP contribution in [-0.4, -0.2) is 75.3 Å². The van der Waals surface area contributed by atoms with E-state index in [2.05, 4.69) is 27.5 Å². The number of likely N-dealkylation sites (N-methyl/N-ethyl adjacent to an activating group) is 1. The largest absolute Gasteiger partial charge is 0.496 e. The van der Waals surface area contributed by atoms with Gasteiger partial charge in [0.05, 0.1) is 13.2 Å². The zero-order chi connectivity index (χ0) is 23.2. The Hall–Kier alpha value is -3.30. The maximum Gasteiger partial charge on any atom is 0.309 e. The first-order valence-corrected chi connectivity index (χ1v) is 11.0. The lowest BCUT2D eigenvalue weighted by atomic mass is 10.0. The number of benzene rings is 2. The quantitative estimate of drug-likeness (QED) is 0.607. The summed E-state index contributed by atoms with van der Waals surface area (Å²) in [5.74, 6) is 0.743. The number of amides is 2. The van der Waals surface area contributed by atoms with Gasteiger partial charge in [0.15, 0.2) is 11.5 Å². The third-order valence-corrected chi connectivity index (χ3v) is 6.05. The fraction of sp³-hybridized carbons (Fsp3) is 0.417. The molecule has 0 aliphatic carbocycles. The van der Waals surface area contributed by atoms with E-state index < -0.39 is 11.8 Å². The summed E-state index contributed by atoms with van der Waals surface area (Å²) in [7, 11) is 3.67. The van der Waals surface area contributed by atoms with Crippen LogP contribution in [0.4, 0.5) is 0 Å². The van der Waals surface area contributed by atoms with Crippen molar-refractivity contribution in [1.29, 1.82) is 0 Å². The number of carbonyl (C=O) groups excluding carboxylic acids is 2. The second-order valence-corrected chi connectivity index (χ2v) is 8.17. The average molecular weight is 455 g/mol. The highest BCUT2D eigenvalue weighted by Crippen LogP contribution is 2.35. The van der Waals surface area contributed by atoms with E-state index in [1.165, 1.54) is 0 Å². The number of carbonyl (C=O) groups is 2. The molecule has 2 aromatic carbocycles. The molecule has 0 spiro atoms. The number of nitrogens with zero attached hydrogens (tertiary/aromatic N) is 2. The van der Waals surface area contributed by atoms with Crippen molar-refractivity contribution >= 4 is 11.8 Å². The van der Waals surface area contributed by atoms with Gasteiger partial charge >= 0.3 is 11.8 Å². The van der Waals surface area contributed by atoms with Gasteiger partial charge in [0.2, 0.25) is 6.79 Å². The highest BCUT2D eigenvalue weighted by atomic mass is 16.7. The number of para-hydroxylation sites is 1. The number of hydrogen-bond acceptors (Lipinski definition) is 7. The van der Waals surface area contributed by atoms with E-state index in [1.54, 1.807) is 7.11 Å². The Morgan fingerprint density at radius 3 is 2.52 bits per heavy atom. The van der Waals surface area contributed by atoms with Gasteiger partial charge in [-0.05, 0) is 30.8 Å². The molecule has 9 heteroatoms. The van der Waals surface area contributed by atoms with Gasteiger partial charge in [-0.25, -0.2) is 0 Å². The zero-order valence-corrected chi connectivity index (χ0v) is 19.0. The number of rotatable bonds is 7. The van der Waals surface area contributed by atoms with Gasteiger partial charge in [0.25, 0.3) is 0 Å². The molecule has 2 aliphatic heterocycles. The maximum atomic E-state index is 12.6. The van der Waals surface area contributed by atoms with Crippen LogP contribution in [0.3, 0.4) is 0 Å². The molecule has 2 aromatic rings. The Morgan fingerprint density at radius 1 is 1.00 bits per heavy atom. The summed E-state index contributed by atoms with van der Waals surface area (Å²) in [6.07, 6.45) is 0. The first kappa shape index (κ1) is 22.9. The van der Waals surface area contributed by atoms with Crippen LogP contribution in [0.5, 0.6) is 17.2 Å². The van der Waals surface area contributed by atoms with E-state index in [4.69, 9.17) is 14.2 Å². The summed E-state index contributed by atoms with van der Waals surface area (Å²) in [6, 6.07) is 13.1. The molecule has 0 bridgehead atoms. The minimum Gasteiger partial charge on any atom is -0.496 e. The number of piperazine rings is 1. The standard InChI is InChI=1S/C24H30N4O5/c1-27-9-11-28(12-10-27)19(17-7-8-21-22(13-17)33-16-32-21)15-26-24(30)23(29)25-14-18-5-3-4-6-20(18)31-2/h3-8,13,19H,9-12,14-16H2,1-2H3,(H,25,29)(H,26,30)/t19-/m0/s1. The number of nitrogens with one attached hydrogen (secondary N) is 2. The Labute approximate surface area is 193 Å².